The maximum atomic E-state index is 10.6. The predicted octanol–water partition coefficient (Wildman–Crippen LogP) is 2.68. The average Bonchev–Trinajstić information content (AvgIpc) is 2.03. The minimum atomic E-state index is -0.309. The van der Waals surface area contributed by atoms with Gasteiger partial charge in [-0.05, 0) is 17.7 Å². The van der Waals surface area contributed by atoms with E-state index >= 15 is 0 Å². The number of esters is 1. The molecule has 1 rings (SSSR count). The minimum absolute atomic E-state index is 0. The molecule has 0 aromatic heterocycles. The zero-order valence-electron chi connectivity index (χ0n) is 7.32. The van der Waals surface area contributed by atoms with Crippen LogP contribution in [0.25, 0.3) is 6.08 Å². The summed E-state index contributed by atoms with van der Waals surface area (Å²) in [6, 6.07) is 7.19. The fourth-order valence-electron chi connectivity index (χ4n) is 0.871. The summed E-state index contributed by atoms with van der Waals surface area (Å²) >= 11 is 0. The first kappa shape index (κ1) is 11.7. The van der Waals surface area contributed by atoms with Crippen LogP contribution in [-0.4, -0.2) is 5.97 Å². The molecule has 0 spiro atoms. The molecule has 0 radical (unpaired) electrons. The summed E-state index contributed by atoms with van der Waals surface area (Å²) in [6.07, 6.45) is 1.70. The van der Waals surface area contributed by atoms with Crippen molar-refractivity contribution in [1.82, 2.24) is 0 Å². The quantitative estimate of drug-likeness (QED) is 0.540. The lowest BCUT2D eigenvalue weighted by Crippen LogP contribution is -2.00. The van der Waals surface area contributed by atoms with Crippen molar-refractivity contribution < 1.29 is 9.53 Å². The molecule has 0 unspecified atom stereocenters. The van der Waals surface area contributed by atoms with Gasteiger partial charge >= 0.3 is 5.97 Å². The van der Waals surface area contributed by atoms with Crippen LogP contribution in [-0.2, 0) is 4.79 Å². The van der Waals surface area contributed by atoms with E-state index in [2.05, 4.69) is 6.58 Å². The number of hydrogen-bond donors (Lipinski definition) is 0. The second-order valence-electron chi connectivity index (χ2n) is 2.37. The molecule has 70 valence electrons. The van der Waals surface area contributed by atoms with Crippen LogP contribution < -0.4 is 4.74 Å². The first-order valence-corrected chi connectivity index (χ1v) is 3.63. The molecule has 0 amide bonds. The number of ether oxygens (including phenoxy) is 1. The number of carbonyl (C=O) groups excluding carboxylic acids is 1. The van der Waals surface area contributed by atoms with Crippen molar-refractivity contribution in [3.05, 3.63) is 36.4 Å². The van der Waals surface area contributed by atoms with Crippen LogP contribution in [0.2, 0.25) is 0 Å². The van der Waals surface area contributed by atoms with Gasteiger partial charge in [0.1, 0.15) is 5.75 Å². The molecule has 0 fully saturated rings. The number of rotatable bonds is 2. The normalized spacial score (nSPS) is 8.38. The molecule has 0 bridgehead atoms. The number of benzene rings is 1. The van der Waals surface area contributed by atoms with Crippen LogP contribution in [0.4, 0.5) is 0 Å². The van der Waals surface area contributed by atoms with Gasteiger partial charge in [0.2, 0.25) is 0 Å². The van der Waals surface area contributed by atoms with Crippen molar-refractivity contribution in [2.24, 2.45) is 0 Å². The summed E-state index contributed by atoms with van der Waals surface area (Å²) in [5.41, 5.74) is 0.939. The van der Waals surface area contributed by atoms with E-state index < -0.39 is 0 Å². The summed E-state index contributed by atoms with van der Waals surface area (Å²) < 4.78 is 4.87. The Labute approximate surface area is 83.6 Å². The molecule has 0 saturated heterocycles. The minimum Gasteiger partial charge on any atom is -0.427 e. The molecule has 1 aromatic rings. The fourth-order valence-corrected chi connectivity index (χ4v) is 0.871. The van der Waals surface area contributed by atoms with Crippen molar-refractivity contribution in [1.29, 1.82) is 0 Å². The van der Waals surface area contributed by atoms with Gasteiger partial charge in [-0.3, -0.25) is 4.79 Å². The van der Waals surface area contributed by atoms with E-state index in [1.54, 1.807) is 18.2 Å². The Morgan fingerprint density at radius 3 is 2.77 bits per heavy atom. The van der Waals surface area contributed by atoms with Crippen LogP contribution in [0, 0.1) is 0 Å². The maximum Gasteiger partial charge on any atom is 0.308 e. The van der Waals surface area contributed by atoms with Crippen LogP contribution in [0.5, 0.6) is 5.75 Å². The third kappa shape index (κ3) is 3.76. The second-order valence-corrected chi connectivity index (χ2v) is 2.37. The molecule has 3 heteroatoms. The summed E-state index contributed by atoms with van der Waals surface area (Å²) in [5.74, 6) is 0.246. The van der Waals surface area contributed by atoms with E-state index in [0.717, 1.165) is 5.56 Å². The van der Waals surface area contributed by atoms with E-state index in [1.165, 1.54) is 6.92 Å². The smallest absolute Gasteiger partial charge is 0.308 e. The second kappa shape index (κ2) is 5.38. The Bertz CT molecular complexity index is 308. The van der Waals surface area contributed by atoms with Gasteiger partial charge in [-0.1, -0.05) is 24.8 Å². The molecule has 13 heavy (non-hydrogen) atoms. The number of halogens is 1. The molecule has 2 nitrogen and oxygen atoms in total. The van der Waals surface area contributed by atoms with Gasteiger partial charge in [-0.2, -0.15) is 0 Å². The fraction of sp³-hybridized carbons (Fsp3) is 0.100. The molecule has 0 heterocycles. The highest BCUT2D eigenvalue weighted by Gasteiger charge is 1.96. The lowest BCUT2D eigenvalue weighted by molar-refractivity contribution is -0.131. The highest BCUT2D eigenvalue weighted by molar-refractivity contribution is 5.85. The van der Waals surface area contributed by atoms with Crippen molar-refractivity contribution >= 4 is 24.5 Å². The largest absolute Gasteiger partial charge is 0.427 e. The third-order valence-corrected chi connectivity index (χ3v) is 1.36. The highest BCUT2D eigenvalue weighted by Crippen LogP contribution is 2.13. The molecule has 0 aliphatic carbocycles. The van der Waals surface area contributed by atoms with Gasteiger partial charge in [0.25, 0.3) is 0 Å². The number of hydrogen-bond acceptors (Lipinski definition) is 2. The lowest BCUT2D eigenvalue weighted by Gasteiger charge is -2.00. The van der Waals surface area contributed by atoms with E-state index in [-0.39, 0.29) is 18.4 Å². The van der Waals surface area contributed by atoms with Crippen LogP contribution >= 0.6 is 12.4 Å². The third-order valence-electron chi connectivity index (χ3n) is 1.36. The van der Waals surface area contributed by atoms with Crippen molar-refractivity contribution in [3.63, 3.8) is 0 Å². The van der Waals surface area contributed by atoms with E-state index in [4.69, 9.17) is 4.74 Å². The average molecular weight is 199 g/mol. The van der Waals surface area contributed by atoms with E-state index in [9.17, 15) is 4.79 Å². The van der Waals surface area contributed by atoms with E-state index in [1.807, 2.05) is 12.1 Å². The standard InChI is InChI=1S/C10H10O2.ClH/c1-3-9-5-4-6-10(7-9)12-8(2)11;/h3-7H,1H2,2H3;1H. The molecule has 0 atom stereocenters. The summed E-state index contributed by atoms with van der Waals surface area (Å²) in [4.78, 5) is 10.6. The van der Waals surface area contributed by atoms with Gasteiger partial charge in [0.15, 0.2) is 0 Å². The molecule has 1 aromatic carbocycles. The Kier molecular flexibility index (Phi) is 4.85. The first-order chi connectivity index (χ1) is 5.72. The summed E-state index contributed by atoms with van der Waals surface area (Å²) in [6.45, 7) is 4.99. The SMILES string of the molecule is C=Cc1cccc(OC(C)=O)c1.Cl. The summed E-state index contributed by atoms with van der Waals surface area (Å²) in [5, 5.41) is 0. The zero-order valence-corrected chi connectivity index (χ0v) is 8.14. The van der Waals surface area contributed by atoms with Crippen LogP contribution in [0.15, 0.2) is 30.8 Å². The van der Waals surface area contributed by atoms with Crippen molar-refractivity contribution in [3.8, 4) is 5.75 Å². The molecule has 0 N–H and O–H groups in total. The molecule has 0 aliphatic heterocycles. The van der Waals surface area contributed by atoms with E-state index in [0.29, 0.717) is 5.75 Å². The van der Waals surface area contributed by atoms with Gasteiger partial charge in [-0.25, -0.2) is 0 Å². The predicted molar refractivity (Wildman–Crippen MR) is 55.1 cm³/mol. The Hall–Kier alpha value is -1.28. The molecular weight excluding hydrogens is 188 g/mol. The Morgan fingerprint density at radius 2 is 2.23 bits per heavy atom. The first-order valence-electron chi connectivity index (χ1n) is 3.63. The Balaban J connectivity index is 0.00000144. The topological polar surface area (TPSA) is 26.3 Å². The van der Waals surface area contributed by atoms with Crippen molar-refractivity contribution in [2.75, 3.05) is 0 Å². The van der Waals surface area contributed by atoms with Crippen LogP contribution in [0.1, 0.15) is 12.5 Å². The van der Waals surface area contributed by atoms with Gasteiger partial charge < -0.3 is 4.74 Å². The number of carbonyl (C=O) groups is 1. The van der Waals surface area contributed by atoms with Gasteiger partial charge in [0, 0.05) is 6.92 Å². The van der Waals surface area contributed by atoms with Crippen molar-refractivity contribution in [2.45, 2.75) is 6.92 Å². The zero-order chi connectivity index (χ0) is 8.97. The highest BCUT2D eigenvalue weighted by atomic mass is 35.5. The molecule has 0 aliphatic rings. The molecule has 0 saturated carbocycles. The van der Waals surface area contributed by atoms with Crippen LogP contribution in [0.3, 0.4) is 0 Å². The monoisotopic (exact) mass is 198 g/mol. The van der Waals surface area contributed by atoms with Gasteiger partial charge in [-0.15, -0.1) is 12.4 Å². The molecular formula is C10H11ClO2. The maximum absolute atomic E-state index is 10.6. The summed E-state index contributed by atoms with van der Waals surface area (Å²) in [7, 11) is 0. The lowest BCUT2D eigenvalue weighted by atomic mass is 10.2. The Morgan fingerprint density at radius 1 is 1.54 bits per heavy atom. The van der Waals surface area contributed by atoms with Gasteiger partial charge in [0.05, 0.1) is 0 Å².